The van der Waals surface area contributed by atoms with Crippen molar-refractivity contribution in [3.63, 3.8) is 0 Å². The van der Waals surface area contributed by atoms with E-state index in [0.717, 1.165) is 3.57 Å². The second-order valence-electron chi connectivity index (χ2n) is 3.51. The van der Waals surface area contributed by atoms with E-state index in [-0.39, 0.29) is 11.7 Å². The first-order valence-corrected chi connectivity index (χ1v) is 6.92. The van der Waals surface area contributed by atoms with E-state index in [4.69, 9.17) is 0 Å². The molecule has 1 aliphatic carbocycles. The minimum absolute atomic E-state index is 0.129. The summed E-state index contributed by atoms with van der Waals surface area (Å²) in [6, 6.07) is 7.23. The Morgan fingerprint density at radius 2 is 1.94 bits per heavy atom. The predicted molar refractivity (Wildman–Crippen MR) is 82.1 cm³/mol. The quantitative estimate of drug-likeness (QED) is 0.522. The van der Waals surface area contributed by atoms with Crippen molar-refractivity contribution in [1.82, 2.24) is 0 Å². The van der Waals surface area contributed by atoms with Crippen LogP contribution in [0.3, 0.4) is 0 Å². The molecule has 0 bridgehead atoms. The van der Waals surface area contributed by atoms with Gasteiger partial charge in [-0.15, -0.1) is 0 Å². The number of ketones is 1. The molecule has 0 unspecified atom stereocenters. The Morgan fingerprint density at radius 3 is 2.61 bits per heavy atom. The van der Waals surface area contributed by atoms with Gasteiger partial charge in [0.15, 0.2) is 5.78 Å². The highest BCUT2D eigenvalue weighted by atomic mass is 127. The zero-order chi connectivity index (χ0) is 13.1. The summed E-state index contributed by atoms with van der Waals surface area (Å²) in [4.78, 5) is 27.2. The molecular formula is C13H7BrINO2. The zero-order valence-corrected chi connectivity index (χ0v) is 12.8. The third-order valence-corrected chi connectivity index (χ3v) is 3.81. The molecule has 18 heavy (non-hydrogen) atoms. The highest BCUT2D eigenvalue weighted by Gasteiger charge is 2.12. The summed E-state index contributed by atoms with van der Waals surface area (Å²) < 4.78 is 1.25. The van der Waals surface area contributed by atoms with Gasteiger partial charge in [-0.2, -0.15) is 0 Å². The van der Waals surface area contributed by atoms with Crippen LogP contribution in [0.15, 0.2) is 52.0 Å². The molecule has 0 heterocycles. The Hall–Kier alpha value is -1.08. The maximum atomic E-state index is 12.0. The molecule has 0 spiro atoms. The van der Waals surface area contributed by atoms with Gasteiger partial charge in [0.05, 0.1) is 15.8 Å². The van der Waals surface area contributed by atoms with E-state index in [9.17, 15) is 9.59 Å². The van der Waals surface area contributed by atoms with Crippen LogP contribution in [-0.4, -0.2) is 17.4 Å². The molecule has 3 nitrogen and oxygen atoms in total. The van der Waals surface area contributed by atoms with Crippen LogP contribution in [0.4, 0.5) is 0 Å². The molecule has 0 saturated carbocycles. The first-order valence-electron chi connectivity index (χ1n) is 5.05. The minimum atomic E-state index is -0.314. The van der Waals surface area contributed by atoms with E-state index < -0.39 is 0 Å². The van der Waals surface area contributed by atoms with Crippen molar-refractivity contribution in [2.45, 2.75) is 0 Å². The number of amides is 1. The van der Waals surface area contributed by atoms with Crippen molar-refractivity contribution in [2.75, 3.05) is 0 Å². The number of nitrogens with zero attached hydrogens (tertiary/aromatic N) is 1. The number of rotatable bonds is 1. The number of allylic oxidation sites excluding steroid dienone is 4. The van der Waals surface area contributed by atoms with Crippen molar-refractivity contribution in [2.24, 2.45) is 4.99 Å². The van der Waals surface area contributed by atoms with Gasteiger partial charge < -0.3 is 0 Å². The fourth-order valence-electron chi connectivity index (χ4n) is 1.37. The molecule has 1 aromatic carbocycles. The summed E-state index contributed by atoms with van der Waals surface area (Å²) in [5.74, 6) is -0.443. The average molecular weight is 416 g/mol. The Labute approximate surface area is 126 Å². The number of halogens is 2. The van der Waals surface area contributed by atoms with Crippen molar-refractivity contribution in [3.8, 4) is 0 Å². The Balaban J connectivity index is 2.30. The van der Waals surface area contributed by atoms with Crippen LogP contribution in [0.5, 0.6) is 0 Å². The lowest BCUT2D eigenvalue weighted by molar-refractivity contribution is -0.110. The molecule has 90 valence electrons. The summed E-state index contributed by atoms with van der Waals surface area (Å²) in [7, 11) is 0. The van der Waals surface area contributed by atoms with Crippen molar-refractivity contribution in [1.29, 1.82) is 0 Å². The van der Waals surface area contributed by atoms with E-state index >= 15 is 0 Å². The topological polar surface area (TPSA) is 46.5 Å². The molecule has 1 aliphatic rings. The number of hydrogen-bond acceptors (Lipinski definition) is 2. The van der Waals surface area contributed by atoms with Gasteiger partial charge >= 0.3 is 0 Å². The smallest absolute Gasteiger partial charge is 0.278 e. The van der Waals surface area contributed by atoms with Crippen LogP contribution in [-0.2, 0) is 4.79 Å². The highest BCUT2D eigenvalue weighted by molar-refractivity contribution is 14.1. The van der Waals surface area contributed by atoms with E-state index in [1.165, 1.54) is 18.2 Å². The maximum absolute atomic E-state index is 12.0. The molecule has 0 radical (unpaired) electrons. The Morgan fingerprint density at radius 1 is 1.22 bits per heavy atom. The summed E-state index contributed by atoms with van der Waals surface area (Å²) in [6.07, 6.45) is 4.45. The summed E-state index contributed by atoms with van der Waals surface area (Å²) in [5, 5.41) is 0. The Kier molecular flexibility index (Phi) is 4.23. The molecule has 0 atom stereocenters. The van der Waals surface area contributed by atoms with Gasteiger partial charge in [-0.25, -0.2) is 4.99 Å². The van der Waals surface area contributed by atoms with Gasteiger partial charge in [-0.3, -0.25) is 9.59 Å². The third-order valence-electron chi connectivity index (χ3n) is 2.25. The van der Waals surface area contributed by atoms with Crippen molar-refractivity contribution in [3.05, 3.63) is 56.1 Å². The molecule has 1 aromatic rings. The van der Waals surface area contributed by atoms with Gasteiger partial charge in [-0.1, -0.05) is 12.1 Å². The minimum Gasteiger partial charge on any atom is -0.289 e. The molecule has 0 aliphatic heterocycles. The molecule has 0 fully saturated rings. The molecule has 1 amide bonds. The molecule has 0 aromatic heterocycles. The molecule has 0 N–H and O–H groups in total. The van der Waals surface area contributed by atoms with Gasteiger partial charge in [0.25, 0.3) is 5.91 Å². The number of carbonyl (C=O) groups is 2. The summed E-state index contributed by atoms with van der Waals surface area (Å²) in [5.41, 5.74) is 1.02. The normalized spacial score (nSPS) is 16.9. The number of carbonyl (C=O) groups excluding carboxylic acids is 2. The van der Waals surface area contributed by atoms with Gasteiger partial charge in [0.1, 0.15) is 0 Å². The van der Waals surface area contributed by atoms with Crippen LogP contribution in [0, 0.1) is 3.57 Å². The van der Waals surface area contributed by atoms with Crippen LogP contribution < -0.4 is 0 Å². The number of hydrogen-bond donors (Lipinski definition) is 0. The first-order chi connectivity index (χ1) is 8.58. The van der Waals surface area contributed by atoms with Gasteiger partial charge in [0.2, 0.25) is 0 Å². The van der Waals surface area contributed by atoms with Gasteiger partial charge in [-0.05, 0) is 68.9 Å². The van der Waals surface area contributed by atoms with Crippen LogP contribution in [0.1, 0.15) is 10.4 Å². The first kappa shape index (κ1) is 13.4. The molecule has 0 saturated heterocycles. The fourth-order valence-corrected chi connectivity index (χ4v) is 2.36. The molecule has 2 rings (SSSR count). The SMILES string of the molecule is O=C1C=CC(=NC(=O)c2ccccc2I)C=C1Br. The average Bonchev–Trinajstić information content (AvgIpc) is 2.34. The zero-order valence-electron chi connectivity index (χ0n) is 9.06. The summed E-state index contributed by atoms with van der Waals surface area (Å²) >= 11 is 5.21. The second kappa shape index (κ2) is 5.71. The number of benzene rings is 1. The van der Waals surface area contributed by atoms with Crippen LogP contribution in [0.2, 0.25) is 0 Å². The molecule has 5 heteroatoms. The Bertz CT molecular complexity index is 617. The largest absolute Gasteiger partial charge is 0.289 e. The van der Waals surface area contributed by atoms with E-state index in [1.54, 1.807) is 12.1 Å². The monoisotopic (exact) mass is 415 g/mol. The van der Waals surface area contributed by atoms with Crippen molar-refractivity contribution < 1.29 is 9.59 Å². The van der Waals surface area contributed by atoms with Crippen LogP contribution in [0.25, 0.3) is 0 Å². The fraction of sp³-hybridized carbons (Fsp3) is 0. The maximum Gasteiger partial charge on any atom is 0.278 e. The van der Waals surface area contributed by atoms with E-state index in [1.807, 2.05) is 12.1 Å². The van der Waals surface area contributed by atoms with Crippen molar-refractivity contribution >= 4 is 55.9 Å². The van der Waals surface area contributed by atoms with Crippen LogP contribution >= 0.6 is 38.5 Å². The highest BCUT2D eigenvalue weighted by Crippen LogP contribution is 2.15. The lowest BCUT2D eigenvalue weighted by Gasteiger charge is -2.03. The third kappa shape index (κ3) is 3.02. The second-order valence-corrected chi connectivity index (χ2v) is 5.53. The van der Waals surface area contributed by atoms with E-state index in [0.29, 0.717) is 15.8 Å². The standard InChI is InChI=1S/C13H7BrINO2/c14-10-7-8(5-6-12(10)17)16-13(18)9-3-1-2-4-11(9)15/h1-7H. The van der Waals surface area contributed by atoms with E-state index in [2.05, 4.69) is 43.5 Å². The van der Waals surface area contributed by atoms with Gasteiger partial charge in [0, 0.05) is 3.57 Å². The number of aliphatic imine (C=N–C) groups is 1. The molecular weight excluding hydrogens is 409 g/mol. The lowest BCUT2D eigenvalue weighted by Crippen LogP contribution is -2.07. The predicted octanol–water partition coefficient (Wildman–Crippen LogP) is 3.29. The summed E-state index contributed by atoms with van der Waals surface area (Å²) in [6.45, 7) is 0. The lowest BCUT2D eigenvalue weighted by atomic mass is 10.1.